The molecule has 1 N–H and O–H groups in total. The van der Waals surface area contributed by atoms with Crippen molar-refractivity contribution >= 4 is 16.8 Å². The van der Waals surface area contributed by atoms with E-state index in [2.05, 4.69) is 11.4 Å². The number of carbonyl (C=O) groups excluding carboxylic acids is 1. The van der Waals surface area contributed by atoms with Crippen molar-refractivity contribution in [2.75, 3.05) is 20.2 Å². The van der Waals surface area contributed by atoms with E-state index >= 15 is 0 Å². The Morgan fingerprint density at radius 3 is 2.55 bits per heavy atom. The van der Waals surface area contributed by atoms with E-state index in [-0.39, 0.29) is 11.5 Å². The van der Waals surface area contributed by atoms with Crippen molar-refractivity contribution in [2.45, 2.75) is 25.7 Å². The quantitative estimate of drug-likeness (QED) is 0.423. The first-order chi connectivity index (χ1) is 14.0. The van der Waals surface area contributed by atoms with Crippen molar-refractivity contribution in [1.82, 2.24) is 14.5 Å². The molecule has 0 bridgehead atoms. The summed E-state index contributed by atoms with van der Waals surface area (Å²) in [5.41, 5.74) is 3.42. The monoisotopic (exact) mass is 395 g/mol. The number of para-hydroxylation sites is 1. The molecule has 29 heavy (non-hydrogen) atoms. The highest BCUT2D eigenvalue weighted by molar-refractivity contribution is 5.98. The van der Waals surface area contributed by atoms with Crippen LogP contribution in [0.25, 0.3) is 11.0 Å². The number of Topliss-reactive ketones (excluding diaryl/α,β-unsaturated/α-hetero) is 1. The molecule has 3 rings (SSSR count). The van der Waals surface area contributed by atoms with E-state index in [1.807, 2.05) is 36.4 Å². The fraction of sp³-hybridized carbons (Fsp3) is 0.391. The fourth-order valence-electron chi connectivity index (χ4n) is 3.62. The SMILES string of the molecule is COc1ccccc1CCNCCCCC(=O)c1ccc2c(c1)n(C)c(=O)n2C. The Morgan fingerprint density at radius 2 is 1.76 bits per heavy atom. The zero-order chi connectivity index (χ0) is 20.8. The Bertz CT molecular complexity index is 1050. The summed E-state index contributed by atoms with van der Waals surface area (Å²) in [5.74, 6) is 1.05. The van der Waals surface area contributed by atoms with Gasteiger partial charge in [0.1, 0.15) is 5.75 Å². The van der Waals surface area contributed by atoms with Gasteiger partial charge in [0.05, 0.1) is 18.1 Å². The number of nitrogens with one attached hydrogen (secondary N) is 1. The third kappa shape index (κ3) is 4.77. The average Bonchev–Trinajstić information content (AvgIpc) is 2.96. The molecule has 3 aromatic rings. The smallest absolute Gasteiger partial charge is 0.328 e. The number of fused-ring (bicyclic) bond motifs is 1. The fourth-order valence-corrected chi connectivity index (χ4v) is 3.62. The Balaban J connectivity index is 1.42. The maximum atomic E-state index is 12.5. The van der Waals surface area contributed by atoms with Crippen LogP contribution in [0.5, 0.6) is 5.75 Å². The second kappa shape index (κ2) is 9.56. The Morgan fingerprint density at radius 1 is 1.00 bits per heavy atom. The lowest BCUT2D eigenvalue weighted by atomic mass is 10.0. The lowest BCUT2D eigenvalue weighted by Crippen LogP contribution is -2.19. The van der Waals surface area contributed by atoms with Gasteiger partial charge in [0.2, 0.25) is 0 Å². The van der Waals surface area contributed by atoms with Crippen molar-refractivity contribution in [2.24, 2.45) is 14.1 Å². The van der Waals surface area contributed by atoms with Crippen molar-refractivity contribution in [3.63, 3.8) is 0 Å². The number of rotatable bonds is 10. The van der Waals surface area contributed by atoms with Crippen molar-refractivity contribution in [3.05, 3.63) is 64.1 Å². The molecule has 2 aromatic carbocycles. The molecular formula is C23H29N3O3. The van der Waals surface area contributed by atoms with E-state index in [1.165, 1.54) is 5.56 Å². The minimum absolute atomic E-state index is 0.0798. The Labute approximate surface area is 171 Å². The molecule has 0 aliphatic rings. The first kappa shape index (κ1) is 20.9. The Kier molecular flexibility index (Phi) is 6.88. The highest BCUT2D eigenvalue weighted by Gasteiger charge is 2.11. The highest BCUT2D eigenvalue weighted by atomic mass is 16.5. The van der Waals surface area contributed by atoms with E-state index in [0.717, 1.165) is 49.1 Å². The molecule has 6 heteroatoms. The van der Waals surface area contributed by atoms with Gasteiger partial charge in [-0.3, -0.25) is 13.9 Å². The van der Waals surface area contributed by atoms with E-state index in [4.69, 9.17) is 4.74 Å². The minimum atomic E-state index is -0.0798. The standard InChI is InChI=1S/C23H29N3O3/c1-25-19-12-11-18(16-20(19)26(2)23(25)28)21(27)9-6-7-14-24-15-13-17-8-4-5-10-22(17)29-3/h4-5,8,10-12,16,24H,6-7,9,13-15H2,1-3H3. The van der Waals surface area contributed by atoms with Crippen LogP contribution in [0.2, 0.25) is 0 Å². The molecule has 0 fully saturated rings. The van der Waals surface area contributed by atoms with Crippen LogP contribution in [0.3, 0.4) is 0 Å². The van der Waals surface area contributed by atoms with Crippen LogP contribution in [0, 0.1) is 0 Å². The largest absolute Gasteiger partial charge is 0.496 e. The van der Waals surface area contributed by atoms with Crippen LogP contribution in [0.15, 0.2) is 47.3 Å². The van der Waals surface area contributed by atoms with Gasteiger partial charge in [-0.1, -0.05) is 18.2 Å². The van der Waals surface area contributed by atoms with Gasteiger partial charge in [0.15, 0.2) is 5.78 Å². The number of aromatic nitrogens is 2. The predicted molar refractivity (Wildman–Crippen MR) is 116 cm³/mol. The van der Waals surface area contributed by atoms with Crippen molar-refractivity contribution in [3.8, 4) is 5.75 Å². The number of methoxy groups -OCH3 is 1. The van der Waals surface area contributed by atoms with Gasteiger partial charge in [-0.2, -0.15) is 0 Å². The van der Waals surface area contributed by atoms with E-state index in [9.17, 15) is 9.59 Å². The molecule has 0 amide bonds. The summed E-state index contributed by atoms with van der Waals surface area (Å²) in [6, 6.07) is 13.5. The first-order valence-electron chi connectivity index (χ1n) is 10.0. The average molecular weight is 396 g/mol. The lowest BCUT2D eigenvalue weighted by molar-refractivity contribution is 0.0979. The molecule has 0 atom stereocenters. The van der Waals surface area contributed by atoms with Crippen LogP contribution < -0.4 is 15.7 Å². The summed E-state index contributed by atoms with van der Waals surface area (Å²) < 4.78 is 8.54. The summed E-state index contributed by atoms with van der Waals surface area (Å²) in [6.45, 7) is 1.77. The van der Waals surface area contributed by atoms with Gasteiger partial charge in [0.25, 0.3) is 0 Å². The minimum Gasteiger partial charge on any atom is -0.496 e. The number of benzene rings is 2. The first-order valence-corrected chi connectivity index (χ1v) is 10.0. The van der Waals surface area contributed by atoms with Crippen LogP contribution >= 0.6 is 0 Å². The van der Waals surface area contributed by atoms with Gasteiger partial charge in [-0.15, -0.1) is 0 Å². The summed E-state index contributed by atoms with van der Waals surface area (Å²) >= 11 is 0. The van der Waals surface area contributed by atoms with Gasteiger partial charge < -0.3 is 10.1 Å². The van der Waals surface area contributed by atoms with Crippen LogP contribution in [0.4, 0.5) is 0 Å². The number of nitrogens with zero attached hydrogens (tertiary/aromatic N) is 2. The second-order valence-electron chi connectivity index (χ2n) is 7.30. The van der Waals surface area contributed by atoms with Crippen LogP contribution in [-0.2, 0) is 20.5 Å². The van der Waals surface area contributed by atoms with E-state index in [0.29, 0.717) is 12.0 Å². The molecule has 0 aliphatic carbocycles. The maximum Gasteiger partial charge on any atom is 0.328 e. The molecule has 6 nitrogen and oxygen atoms in total. The molecule has 1 heterocycles. The Hall–Kier alpha value is -2.86. The lowest BCUT2D eigenvalue weighted by Gasteiger charge is -2.09. The third-order valence-corrected chi connectivity index (χ3v) is 5.36. The zero-order valence-electron chi connectivity index (χ0n) is 17.4. The van der Waals surface area contributed by atoms with Crippen LogP contribution in [-0.4, -0.2) is 35.1 Å². The molecular weight excluding hydrogens is 366 g/mol. The number of aryl methyl sites for hydroxylation is 2. The van der Waals surface area contributed by atoms with Gasteiger partial charge in [-0.25, -0.2) is 4.79 Å². The molecule has 0 saturated carbocycles. The molecule has 0 radical (unpaired) electrons. The summed E-state index contributed by atoms with van der Waals surface area (Å²) in [5, 5.41) is 3.43. The number of ketones is 1. The summed E-state index contributed by atoms with van der Waals surface area (Å²) in [6.07, 6.45) is 3.22. The third-order valence-electron chi connectivity index (χ3n) is 5.36. The molecule has 0 spiro atoms. The molecule has 154 valence electrons. The zero-order valence-corrected chi connectivity index (χ0v) is 17.4. The van der Waals surface area contributed by atoms with Gasteiger partial charge >= 0.3 is 5.69 Å². The number of hydrogen-bond donors (Lipinski definition) is 1. The normalized spacial score (nSPS) is 11.1. The van der Waals surface area contributed by atoms with Crippen molar-refractivity contribution < 1.29 is 9.53 Å². The predicted octanol–water partition coefficient (Wildman–Crippen LogP) is 3.07. The number of carbonyl (C=O) groups is 1. The number of unbranched alkanes of at least 4 members (excludes halogenated alkanes) is 1. The molecule has 0 unspecified atom stereocenters. The second-order valence-corrected chi connectivity index (χ2v) is 7.30. The molecule has 1 aromatic heterocycles. The maximum absolute atomic E-state index is 12.5. The number of hydrogen-bond acceptors (Lipinski definition) is 4. The van der Waals surface area contributed by atoms with Gasteiger partial charge in [0, 0.05) is 26.1 Å². The summed E-state index contributed by atoms with van der Waals surface area (Å²) in [4.78, 5) is 24.5. The topological polar surface area (TPSA) is 65.3 Å². The molecule has 0 aliphatic heterocycles. The van der Waals surface area contributed by atoms with E-state index in [1.54, 1.807) is 30.3 Å². The summed E-state index contributed by atoms with van der Waals surface area (Å²) in [7, 11) is 5.17. The van der Waals surface area contributed by atoms with E-state index < -0.39 is 0 Å². The number of imidazole rings is 1. The van der Waals surface area contributed by atoms with Crippen molar-refractivity contribution in [1.29, 1.82) is 0 Å². The van der Waals surface area contributed by atoms with Gasteiger partial charge in [-0.05, 0) is 62.2 Å². The molecule has 0 saturated heterocycles. The van der Waals surface area contributed by atoms with Crippen LogP contribution in [0.1, 0.15) is 35.2 Å². The number of ether oxygens (including phenoxy) is 1. The highest BCUT2D eigenvalue weighted by Crippen LogP contribution is 2.18.